The molecule has 0 unspecified atom stereocenters. The molecule has 0 bridgehead atoms. The van der Waals surface area contributed by atoms with Crippen LogP contribution in [0.5, 0.6) is 5.75 Å². The fourth-order valence-corrected chi connectivity index (χ4v) is 3.87. The van der Waals surface area contributed by atoms with Crippen molar-refractivity contribution in [2.45, 2.75) is 12.8 Å². The summed E-state index contributed by atoms with van der Waals surface area (Å²) in [4.78, 5) is 16.1. The van der Waals surface area contributed by atoms with Crippen molar-refractivity contribution < 1.29 is 4.74 Å². The van der Waals surface area contributed by atoms with Gasteiger partial charge in [-0.3, -0.25) is 4.90 Å². The van der Waals surface area contributed by atoms with Gasteiger partial charge < -0.3 is 14.5 Å². The second-order valence-corrected chi connectivity index (χ2v) is 7.44. The highest BCUT2D eigenvalue weighted by atomic mass is 35.5. The molecular formula is C20H26ClN5O. The first kappa shape index (κ1) is 18.3. The number of nitrogens with zero attached hydrogens (tertiary/aromatic N) is 5. The molecule has 1 aromatic heterocycles. The Kier molecular flexibility index (Phi) is 5.94. The fourth-order valence-electron chi connectivity index (χ4n) is 3.68. The van der Waals surface area contributed by atoms with Crippen LogP contribution in [-0.2, 0) is 0 Å². The molecule has 6 nitrogen and oxygen atoms in total. The number of ether oxygens (including phenoxy) is 1. The lowest BCUT2D eigenvalue weighted by Gasteiger charge is -2.35. The molecule has 0 radical (unpaired) electrons. The normalized spacial score (nSPS) is 18.1. The van der Waals surface area contributed by atoms with Gasteiger partial charge in [-0.1, -0.05) is 23.7 Å². The number of benzene rings is 1. The van der Waals surface area contributed by atoms with Gasteiger partial charge in [0.15, 0.2) is 0 Å². The Labute approximate surface area is 165 Å². The minimum Gasteiger partial charge on any atom is -0.491 e. The van der Waals surface area contributed by atoms with Crippen molar-refractivity contribution in [2.75, 3.05) is 62.2 Å². The number of piperazine rings is 1. The van der Waals surface area contributed by atoms with E-state index in [1.807, 2.05) is 24.3 Å². The van der Waals surface area contributed by atoms with Crippen LogP contribution in [0.1, 0.15) is 12.8 Å². The van der Waals surface area contributed by atoms with Crippen LogP contribution in [-0.4, -0.2) is 67.3 Å². The maximum absolute atomic E-state index is 6.13. The maximum Gasteiger partial charge on any atom is 0.137 e. The molecule has 0 spiro atoms. The van der Waals surface area contributed by atoms with Crippen molar-refractivity contribution in [3.8, 4) is 5.75 Å². The predicted molar refractivity (Wildman–Crippen MR) is 109 cm³/mol. The average Bonchev–Trinajstić information content (AvgIpc) is 3.25. The Morgan fingerprint density at radius 2 is 1.56 bits per heavy atom. The highest BCUT2D eigenvalue weighted by Gasteiger charge is 2.20. The minimum atomic E-state index is 0.649. The third kappa shape index (κ3) is 4.62. The first-order valence-corrected chi connectivity index (χ1v) is 10.1. The topological polar surface area (TPSA) is 44.7 Å². The van der Waals surface area contributed by atoms with Crippen LogP contribution in [0, 0.1) is 0 Å². The van der Waals surface area contributed by atoms with Crippen molar-refractivity contribution in [3.63, 3.8) is 0 Å². The molecule has 0 saturated carbocycles. The number of para-hydroxylation sites is 1. The molecule has 7 heteroatoms. The van der Waals surface area contributed by atoms with E-state index in [-0.39, 0.29) is 0 Å². The molecule has 2 aliphatic heterocycles. The van der Waals surface area contributed by atoms with Gasteiger partial charge in [-0.05, 0) is 25.0 Å². The van der Waals surface area contributed by atoms with E-state index in [4.69, 9.17) is 16.3 Å². The van der Waals surface area contributed by atoms with E-state index in [1.54, 1.807) is 6.33 Å². The molecule has 0 atom stereocenters. The number of halogens is 1. The average molecular weight is 388 g/mol. The van der Waals surface area contributed by atoms with E-state index in [9.17, 15) is 0 Å². The summed E-state index contributed by atoms with van der Waals surface area (Å²) in [5, 5.41) is 0.667. The third-order valence-corrected chi connectivity index (χ3v) is 5.58. The van der Waals surface area contributed by atoms with Gasteiger partial charge >= 0.3 is 0 Å². The molecule has 4 rings (SSSR count). The SMILES string of the molecule is Clc1ccccc1OCCN1CCN(c2cc(N3CCCC3)ncn2)CC1. The summed E-state index contributed by atoms with van der Waals surface area (Å²) < 4.78 is 5.81. The Bertz CT molecular complexity index is 745. The summed E-state index contributed by atoms with van der Waals surface area (Å²) in [6.07, 6.45) is 4.22. The lowest BCUT2D eigenvalue weighted by atomic mass is 10.3. The molecule has 1 aromatic carbocycles. The van der Waals surface area contributed by atoms with Crippen molar-refractivity contribution in [1.29, 1.82) is 0 Å². The molecule has 2 aliphatic rings. The summed E-state index contributed by atoms with van der Waals surface area (Å²) in [5.74, 6) is 2.86. The Morgan fingerprint density at radius 1 is 0.889 bits per heavy atom. The van der Waals surface area contributed by atoms with Crippen LogP contribution in [0.25, 0.3) is 0 Å². The van der Waals surface area contributed by atoms with E-state index >= 15 is 0 Å². The number of hydrogen-bond donors (Lipinski definition) is 0. The predicted octanol–water partition coefficient (Wildman–Crippen LogP) is 2.93. The van der Waals surface area contributed by atoms with E-state index < -0.39 is 0 Å². The van der Waals surface area contributed by atoms with Crippen LogP contribution in [0.3, 0.4) is 0 Å². The van der Waals surface area contributed by atoms with Gasteiger partial charge in [0.2, 0.25) is 0 Å². The Hall–Kier alpha value is -2.05. The summed E-state index contributed by atoms with van der Waals surface area (Å²) in [6, 6.07) is 9.76. The summed E-state index contributed by atoms with van der Waals surface area (Å²) in [7, 11) is 0. The molecular weight excluding hydrogens is 362 g/mol. The quantitative estimate of drug-likeness (QED) is 0.759. The smallest absolute Gasteiger partial charge is 0.137 e. The summed E-state index contributed by atoms with van der Waals surface area (Å²) in [6.45, 7) is 7.73. The second kappa shape index (κ2) is 8.76. The van der Waals surface area contributed by atoms with Gasteiger partial charge in [0, 0.05) is 51.9 Å². The lowest BCUT2D eigenvalue weighted by Crippen LogP contribution is -2.47. The molecule has 2 fully saturated rings. The number of aromatic nitrogens is 2. The maximum atomic E-state index is 6.13. The molecule has 0 amide bonds. The minimum absolute atomic E-state index is 0.649. The monoisotopic (exact) mass is 387 g/mol. The lowest BCUT2D eigenvalue weighted by molar-refractivity contribution is 0.200. The molecule has 144 valence electrons. The van der Waals surface area contributed by atoms with Gasteiger partial charge in [0.05, 0.1) is 5.02 Å². The van der Waals surface area contributed by atoms with Crippen LogP contribution in [0.4, 0.5) is 11.6 Å². The van der Waals surface area contributed by atoms with E-state index in [0.717, 1.165) is 63.2 Å². The van der Waals surface area contributed by atoms with Crippen molar-refractivity contribution in [2.24, 2.45) is 0 Å². The molecule has 0 aliphatic carbocycles. The van der Waals surface area contributed by atoms with Crippen molar-refractivity contribution in [3.05, 3.63) is 41.7 Å². The van der Waals surface area contributed by atoms with Gasteiger partial charge in [0.1, 0.15) is 30.3 Å². The number of anilines is 2. The van der Waals surface area contributed by atoms with Crippen molar-refractivity contribution in [1.82, 2.24) is 14.9 Å². The molecule has 0 N–H and O–H groups in total. The summed E-state index contributed by atoms with van der Waals surface area (Å²) in [5.41, 5.74) is 0. The van der Waals surface area contributed by atoms with E-state index in [1.165, 1.54) is 12.8 Å². The fraction of sp³-hybridized carbons (Fsp3) is 0.500. The van der Waals surface area contributed by atoms with Gasteiger partial charge in [-0.15, -0.1) is 0 Å². The van der Waals surface area contributed by atoms with Crippen molar-refractivity contribution >= 4 is 23.2 Å². The van der Waals surface area contributed by atoms with Gasteiger partial charge in [-0.25, -0.2) is 9.97 Å². The zero-order valence-corrected chi connectivity index (χ0v) is 16.3. The van der Waals surface area contributed by atoms with E-state index in [2.05, 4.69) is 30.7 Å². The molecule has 2 aromatic rings. The zero-order chi connectivity index (χ0) is 18.5. The molecule has 27 heavy (non-hydrogen) atoms. The summed E-state index contributed by atoms with van der Waals surface area (Å²) >= 11 is 6.13. The van der Waals surface area contributed by atoms with Crippen LogP contribution in [0.2, 0.25) is 5.02 Å². The van der Waals surface area contributed by atoms with Gasteiger partial charge in [-0.2, -0.15) is 0 Å². The largest absolute Gasteiger partial charge is 0.491 e. The first-order valence-electron chi connectivity index (χ1n) is 9.71. The van der Waals surface area contributed by atoms with E-state index in [0.29, 0.717) is 11.6 Å². The van der Waals surface area contributed by atoms with Crippen LogP contribution < -0.4 is 14.5 Å². The highest BCUT2D eigenvalue weighted by molar-refractivity contribution is 6.32. The third-order valence-electron chi connectivity index (χ3n) is 5.27. The number of rotatable bonds is 6. The standard InChI is InChI=1S/C20H26ClN5O/c21-17-5-1-2-6-18(17)27-14-13-24-9-11-26(12-10-24)20-15-19(22-16-23-20)25-7-3-4-8-25/h1-2,5-6,15-16H,3-4,7-14H2. The van der Waals surface area contributed by atoms with Crippen LogP contribution >= 0.6 is 11.6 Å². The zero-order valence-electron chi connectivity index (χ0n) is 15.6. The number of hydrogen-bond acceptors (Lipinski definition) is 6. The van der Waals surface area contributed by atoms with Gasteiger partial charge in [0.25, 0.3) is 0 Å². The first-order chi connectivity index (χ1) is 13.3. The molecule has 2 saturated heterocycles. The second-order valence-electron chi connectivity index (χ2n) is 7.04. The Balaban J connectivity index is 1.25. The Morgan fingerprint density at radius 3 is 2.26 bits per heavy atom. The van der Waals surface area contributed by atoms with Crippen LogP contribution in [0.15, 0.2) is 36.7 Å². The highest BCUT2D eigenvalue weighted by Crippen LogP contribution is 2.24. The molecule has 3 heterocycles.